The number of aliphatic hydroxyl groups excluding tert-OH is 1. The Labute approximate surface area is 103 Å². The predicted octanol–water partition coefficient (Wildman–Crippen LogP) is 1.93. The van der Waals surface area contributed by atoms with Crippen molar-refractivity contribution < 1.29 is 14.9 Å². The van der Waals surface area contributed by atoms with E-state index in [2.05, 4.69) is 5.28 Å². The highest BCUT2D eigenvalue weighted by Crippen LogP contribution is 2.11. The van der Waals surface area contributed by atoms with E-state index in [9.17, 15) is 5.21 Å². The van der Waals surface area contributed by atoms with Crippen LogP contribution in [0.3, 0.4) is 0 Å². The van der Waals surface area contributed by atoms with Crippen LogP contribution >= 0.6 is 0 Å². The van der Waals surface area contributed by atoms with Crippen molar-refractivity contribution in [2.24, 2.45) is 11.2 Å². The zero-order valence-corrected chi connectivity index (χ0v) is 11.5. The van der Waals surface area contributed by atoms with Gasteiger partial charge in [0.1, 0.15) is 6.61 Å². The van der Waals surface area contributed by atoms with Crippen LogP contribution in [0.1, 0.15) is 40.5 Å². The first-order valence-corrected chi connectivity index (χ1v) is 5.93. The molecule has 0 aromatic carbocycles. The Morgan fingerprint density at radius 2 is 2.00 bits per heavy atom. The summed E-state index contributed by atoms with van der Waals surface area (Å²) in [4.78, 5) is 5.40. The molecular formula is C11H25N3O3. The van der Waals surface area contributed by atoms with Crippen LogP contribution in [0, 0.1) is 11.1 Å². The third-order valence-corrected chi connectivity index (χ3v) is 2.68. The fraction of sp³-hybridized carbons (Fsp3) is 1.00. The summed E-state index contributed by atoms with van der Waals surface area (Å²) < 4.78 is 0. The van der Waals surface area contributed by atoms with E-state index < -0.39 is 0 Å². The lowest BCUT2D eigenvalue weighted by molar-refractivity contribution is -0.719. The van der Waals surface area contributed by atoms with E-state index in [1.54, 1.807) is 7.05 Å². The van der Waals surface area contributed by atoms with Crippen molar-refractivity contribution in [1.29, 1.82) is 0 Å². The highest BCUT2D eigenvalue weighted by Gasteiger charge is 2.24. The standard InChI is InChI=1S/C11H25N3O3/c1-10(6-8-15)7-9-17-12-14(16)13(5)11(2,3)4/h10,15H,6-9H2,1-5H3. The summed E-state index contributed by atoms with van der Waals surface area (Å²) in [6, 6.07) is 0. The molecule has 0 heterocycles. The summed E-state index contributed by atoms with van der Waals surface area (Å²) in [6.45, 7) is 8.33. The Bertz CT molecular complexity index is 239. The summed E-state index contributed by atoms with van der Waals surface area (Å²) in [5.41, 5.74) is -0.293. The highest BCUT2D eigenvalue weighted by molar-refractivity contribution is 4.64. The van der Waals surface area contributed by atoms with Crippen LogP contribution in [0.25, 0.3) is 0 Å². The van der Waals surface area contributed by atoms with Crippen LogP contribution in [0.15, 0.2) is 5.28 Å². The second-order valence-corrected chi connectivity index (χ2v) is 5.27. The lowest BCUT2D eigenvalue weighted by atomic mass is 10.1. The Hall–Kier alpha value is -1.04. The largest absolute Gasteiger partial charge is 0.569 e. The maximum Gasteiger partial charge on any atom is 0.233 e. The number of hydrazine groups is 1. The molecule has 0 saturated heterocycles. The minimum atomic E-state index is -0.293. The molecular weight excluding hydrogens is 222 g/mol. The normalized spacial score (nSPS) is 14.6. The zero-order valence-electron chi connectivity index (χ0n) is 11.5. The van der Waals surface area contributed by atoms with Crippen molar-refractivity contribution >= 4 is 0 Å². The molecule has 0 aliphatic heterocycles. The van der Waals surface area contributed by atoms with Crippen molar-refractivity contribution in [3.05, 3.63) is 5.21 Å². The quantitative estimate of drug-likeness (QED) is 0.323. The number of hydrogen-bond donors (Lipinski definition) is 1. The molecule has 1 N–H and O–H groups in total. The maximum atomic E-state index is 11.5. The first kappa shape index (κ1) is 16.0. The highest BCUT2D eigenvalue weighted by atomic mass is 16.7. The molecule has 0 aromatic rings. The topological polar surface area (TPSA) is 71.1 Å². The van der Waals surface area contributed by atoms with Gasteiger partial charge in [-0.05, 0) is 39.5 Å². The molecule has 0 radical (unpaired) electrons. The SMILES string of the molecule is CC(CCO)CCON=[N+]([O-])N(C)C(C)(C)C. The summed E-state index contributed by atoms with van der Waals surface area (Å²) in [5.74, 6) is 0.371. The molecule has 6 nitrogen and oxygen atoms in total. The molecule has 0 aliphatic carbocycles. The molecule has 17 heavy (non-hydrogen) atoms. The summed E-state index contributed by atoms with van der Waals surface area (Å²) in [7, 11) is 1.66. The second-order valence-electron chi connectivity index (χ2n) is 5.27. The van der Waals surface area contributed by atoms with Crippen molar-refractivity contribution in [2.75, 3.05) is 20.3 Å². The lowest BCUT2D eigenvalue weighted by Gasteiger charge is -2.26. The predicted molar refractivity (Wildman–Crippen MR) is 65.0 cm³/mol. The van der Waals surface area contributed by atoms with Crippen LogP contribution in [0.5, 0.6) is 0 Å². The fourth-order valence-electron chi connectivity index (χ4n) is 1.02. The van der Waals surface area contributed by atoms with Gasteiger partial charge < -0.3 is 15.2 Å². The van der Waals surface area contributed by atoms with Crippen molar-refractivity contribution in [3.63, 3.8) is 0 Å². The van der Waals surface area contributed by atoms with Gasteiger partial charge in [0.2, 0.25) is 5.28 Å². The third kappa shape index (κ3) is 6.99. The molecule has 0 aromatic heterocycles. The van der Waals surface area contributed by atoms with Crippen molar-refractivity contribution in [3.8, 4) is 0 Å². The Balaban J connectivity index is 3.93. The molecule has 0 bridgehead atoms. The summed E-state index contributed by atoms with van der Waals surface area (Å²) in [5, 5.41) is 25.1. The minimum Gasteiger partial charge on any atom is -0.569 e. The molecule has 0 rings (SSSR count). The van der Waals surface area contributed by atoms with E-state index in [0.717, 1.165) is 12.8 Å². The van der Waals surface area contributed by atoms with Crippen LogP contribution in [0.4, 0.5) is 0 Å². The molecule has 0 fully saturated rings. The number of nitrogens with zero attached hydrogens (tertiary/aromatic N) is 3. The van der Waals surface area contributed by atoms with E-state index in [1.807, 2.05) is 27.7 Å². The second kappa shape index (κ2) is 7.32. The molecule has 0 saturated carbocycles. The number of hydrogen-bond acceptors (Lipinski definition) is 4. The van der Waals surface area contributed by atoms with Gasteiger partial charge in [0, 0.05) is 6.61 Å². The average Bonchev–Trinajstić information content (AvgIpc) is 2.22. The van der Waals surface area contributed by atoms with Gasteiger partial charge >= 0.3 is 0 Å². The number of rotatable bonds is 7. The van der Waals surface area contributed by atoms with Crippen LogP contribution in [-0.2, 0) is 4.84 Å². The third-order valence-electron chi connectivity index (χ3n) is 2.68. The lowest BCUT2D eigenvalue weighted by Crippen LogP contribution is -2.42. The van der Waals surface area contributed by atoms with Crippen molar-refractivity contribution in [1.82, 2.24) is 5.01 Å². The van der Waals surface area contributed by atoms with E-state index >= 15 is 0 Å². The van der Waals surface area contributed by atoms with E-state index in [-0.39, 0.29) is 12.1 Å². The van der Waals surface area contributed by atoms with Gasteiger partial charge in [0.25, 0.3) is 0 Å². The van der Waals surface area contributed by atoms with Crippen LogP contribution in [-0.4, -0.2) is 40.9 Å². The Kier molecular flexibility index (Phi) is 6.87. The van der Waals surface area contributed by atoms with Gasteiger partial charge in [-0.15, -0.1) is 5.01 Å². The summed E-state index contributed by atoms with van der Waals surface area (Å²) >= 11 is 0. The first-order chi connectivity index (χ1) is 7.79. The molecule has 0 spiro atoms. The fourth-order valence-corrected chi connectivity index (χ4v) is 1.02. The van der Waals surface area contributed by atoms with Gasteiger partial charge in [0.15, 0.2) is 0 Å². The van der Waals surface area contributed by atoms with E-state index in [0.29, 0.717) is 17.5 Å². The van der Waals surface area contributed by atoms with Gasteiger partial charge in [0.05, 0.1) is 17.6 Å². The Morgan fingerprint density at radius 1 is 1.41 bits per heavy atom. The smallest absolute Gasteiger partial charge is 0.233 e. The molecule has 1 unspecified atom stereocenters. The molecule has 0 amide bonds. The zero-order chi connectivity index (χ0) is 13.5. The van der Waals surface area contributed by atoms with E-state index in [1.165, 1.54) is 5.01 Å². The van der Waals surface area contributed by atoms with E-state index in [4.69, 9.17) is 9.94 Å². The molecule has 102 valence electrons. The molecule has 1 atom stereocenters. The molecule has 0 aliphatic rings. The van der Waals surface area contributed by atoms with Gasteiger partial charge in [-0.3, -0.25) is 0 Å². The maximum absolute atomic E-state index is 11.5. The Morgan fingerprint density at radius 3 is 2.47 bits per heavy atom. The average molecular weight is 247 g/mol. The summed E-state index contributed by atoms with van der Waals surface area (Å²) in [6.07, 6.45) is 1.52. The minimum absolute atomic E-state index is 0.179. The number of aliphatic hydroxyl groups is 1. The van der Waals surface area contributed by atoms with Crippen LogP contribution in [0.2, 0.25) is 0 Å². The van der Waals surface area contributed by atoms with Gasteiger partial charge in [-0.25, -0.2) is 0 Å². The molecule has 6 heteroatoms. The van der Waals surface area contributed by atoms with Crippen LogP contribution < -0.4 is 0 Å². The first-order valence-electron chi connectivity index (χ1n) is 5.93. The van der Waals surface area contributed by atoms with Crippen molar-refractivity contribution in [2.45, 2.75) is 46.1 Å². The van der Waals surface area contributed by atoms with Gasteiger partial charge in [-0.1, -0.05) is 6.92 Å². The monoisotopic (exact) mass is 247 g/mol. The van der Waals surface area contributed by atoms with Gasteiger partial charge in [-0.2, -0.15) is 0 Å².